The van der Waals surface area contributed by atoms with Crippen molar-refractivity contribution >= 4 is 38.2 Å². The molecule has 0 atom stereocenters. The Balaban J connectivity index is 2.32. The van der Waals surface area contributed by atoms with Gasteiger partial charge in [-0.05, 0) is 62.6 Å². The molecule has 0 fully saturated rings. The predicted octanol–water partition coefficient (Wildman–Crippen LogP) is 3.48. The van der Waals surface area contributed by atoms with Crippen LogP contribution < -0.4 is 5.73 Å². The summed E-state index contributed by atoms with van der Waals surface area (Å²) < 4.78 is 0. The summed E-state index contributed by atoms with van der Waals surface area (Å²) >= 11 is 0. The van der Waals surface area contributed by atoms with Gasteiger partial charge in [0.15, 0.2) is 0 Å². The van der Waals surface area contributed by atoms with Crippen LogP contribution in [0.2, 0.25) is 0 Å². The van der Waals surface area contributed by atoms with E-state index >= 15 is 0 Å². The number of hydrogen-bond acceptors (Lipinski definition) is 1. The Morgan fingerprint density at radius 1 is 0.842 bits per heavy atom. The third-order valence-corrected chi connectivity index (χ3v) is 3.67. The minimum absolute atomic E-state index is 0.390. The van der Waals surface area contributed by atoms with Crippen LogP contribution in [0.1, 0.15) is 10.4 Å². The van der Waals surface area contributed by atoms with Crippen LogP contribution in [-0.4, -0.2) is 5.91 Å². The zero-order chi connectivity index (χ0) is 13.0. The van der Waals surface area contributed by atoms with E-state index in [2.05, 4.69) is 18.2 Å². The third kappa shape index (κ3) is 1.34. The highest BCUT2D eigenvalue weighted by Crippen LogP contribution is 2.34. The highest BCUT2D eigenvalue weighted by Gasteiger charge is 2.10. The van der Waals surface area contributed by atoms with Crippen LogP contribution in [0, 0.1) is 6.07 Å². The topological polar surface area (TPSA) is 43.1 Å². The van der Waals surface area contributed by atoms with Crippen LogP contribution in [0.4, 0.5) is 0 Å². The Hall–Kier alpha value is -2.61. The van der Waals surface area contributed by atoms with E-state index in [1.807, 2.05) is 36.4 Å². The Bertz CT molecular complexity index is 876. The molecule has 1 amide bonds. The number of carbonyl (C=O) groups excluding carboxylic acids is 1. The van der Waals surface area contributed by atoms with Crippen molar-refractivity contribution in [3.63, 3.8) is 0 Å². The first kappa shape index (κ1) is 10.3. The molecule has 4 rings (SSSR count). The molecule has 0 saturated carbocycles. The predicted molar refractivity (Wildman–Crippen MR) is 77.5 cm³/mol. The summed E-state index contributed by atoms with van der Waals surface area (Å²) in [6.07, 6.45) is 0. The molecule has 0 unspecified atom stereocenters. The maximum Gasteiger partial charge on any atom is 0.248 e. The third-order valence-electron chi connectivity index (χ3n) is 3.67. The molecule has 19 heavy (non-hydrogen) atoms. The normalized spacial score (nSPS) is 11.6. The van der Waals surface area contributed by atoms with Crippen LogP contribution in [0.25, 0.3) is 32.3 Å². The number of carbonyl (C=O) groups is 1. The Kier molecular flexibility index (Phi) is 1.88. The van der Waals surface area contributed by atoms with Gasteiger partial charge in [-0.3, -0.25) is 4.79 Å². The van der Waals surface area contributed by atoms with E-state index < -0.39 is 0 Å². The van der Waals surface area contributed by atoms with Gasteiger partial charge in [0.05, 0.1) is 0 Å². The molecule has 89 valence electrons. The van der Waals surface area contributed by atoms with Gasteiger partial charge < -0.3 is 5.73 Å². The smallest absolute Gasteiger partial charge is 0.248 e. The molecule has 2 nitrogen and oxygen atoms in total. The summed E-state index contributed by atoms with van der Waals surface area (Å²) in [5.41, 5.74) is 5.94. The Morgan fingerprint density at radius 2 is 1.32 bits per heavy atom. The standard InChI is InChI=1S/C17H10NO/c18-17(19)14-8-12-6-4-10-2-1-3-11-5-7-13(9-14)16(12)15(10)11/h2-9H,(H2,18,19). The molecular formula is C17H10NO. The highest BCUT2D eigenvalue weighted by atomic mass is 16.1. The molecule has 2 N–H and O–H groups in total. The molecule has 4 aromatic rings. The number of nitrogens with two attached hydrogens (primary N) is 1. The molecule has 0 aliphatic heterocycles. The average Bonchev–Trinajstić information content (AvgIpc) is 2.44. The fourth-order valence-electron chi connectivity index (χ4n) is 2.82. The van der Waals surface area contributed by atoms with Crippen molar-refractivity contribution < 1.29 is 4.79 Å². The zero-order valence-electron chi connectivity index (χ0n) is 10.1. The van der Waals surface area contributed by atoms with Gasteiger partial charge in [0, 0.05) is 5.56 Å². The van der Waals surface area contributed by atoms with E-state index in [0.717, 1.165) is 10.8 Å². The van der Waals surface area contributed by atoms with Crippen molar-refractivity contribution in [1.82, 2.24) is 0 Å². The molecule has 0 heterocycles. The Labute approximate surface area is 109 Å². The number of benzene rings is 4. The van der Waals surface area contributed by atoms with Crippen molar-refractivity contribution in [2.75, 3.05) is 0 Å². The average molecular weight is 244 g/mol. The van der Waals surface area contributed by atoms with Crippen molar-refractivity contribution in [3.05, 3.63) is 60.2 Å². The molecule has 4 aromatic carbocycles. The van der Waals surface area contributed by atoms with E-state index in [0.29, 0.717) is 5.56 Å². The fourth-order valence-corrected chi connectivity index (χ4v) is 2.82. The summed E-state index contributed by atoms with van der Waals surface area (Å²) in [6, 6.07) is 19.0. The van der Waals surface area contributed by atoms with Gasteiger partial charge in [-0.15, -0.1) is 0 Å². The second kappa shape index (κ2) is 3.45. The lowest BCUT2D eigenvalue weighted by atomic mass is 9.93. The van der Waals surface area contributed by atoms with E-state index in [-0.39, 0.29) is 5.91 Å². The van der Waals surface area contributed by atoms with Gasteiger partial charge in [0.1, 0.15) is 0 Å². The van der Waals surface area contributed by atoms with E-state index in [9.17, 15) is 4.79 Å². The summed E-state index contributed by atoms with van der Waals surface area (Å²) in [5, 5.41) is 6.86. The fraction of sp³-hybridized carbons (Fsp3) is 0. The second-order valence-corrected chi connectivity index (χ2v) is 4.80. The molecule has 0 aliphatic rings. The number of rotatable bonds is 1. The maximum absolute atomic E-state index is 11.4. The van der Waals surface area contributed by atoms with Crippen LogP contribution in [-0.2, 0) is 0 Å². The van der Waals surface area contributed by atoms with Crippen LogP contribution >= 0.6 is 0 Å². The number of amides is 1. The molecule has 2 heteroatoms. The first-order valence-corrected chi connectivity index (χ1v) is 6.12. The van der Waals surface area contributed by atoms with E-state index in [1.54, 1.807) is 0 Å². The zero-order valence-corrected chi connectivity index (χ0v) is 10.1. The molecule has 1 radical (unpaired) electrons. The molecule has 0 saturated heterocycles. The quantitative estimate of drug-likeness (QED) is 0.512. The van der Waals surface area contributed by atoms with Crippen molar-refractivity contribution in [2.24, 2.45) is 5.73 Å². The van der Waals surface area contributed by atoms with Gasteiger partial charge in [0.25, 0.3) is 0 Å². The maximum atomic E-state index is 11.4. The largest absolute Gasteiger partial charge is 0.366 e. The lowest BCUT2D eigenvalue weighted by Crippen LogP contribution is -2.10. The Morgan fingerprint density at radius 3 is 1.84 bits per heavy atom. The van der Waals surface area contributed by atoms with Crippen LogP contribution in [0.15, 0.2) is 48.5 Å². The first-order chi connectivity index (χ1) is 9.24. The number of hydrogen-bond donors (Lipinski definition) is 1. The SMILES string of the molecule is NC(=O)c1cc2ccc3c[c]cc4ccc(c1)c2c34. The summed E-state index contributed by atoms with van der Waals surface area (Å²) in [6.45, 7) is 0. The van der Waals surface area contributed by atoms with E-state index in [4.69, 9.17) is 5.73 Å². The second-order valence-electron chi connectivity index (χ2n) is 4.80. The van der Waals surface area contributed by atoms with E-state index in [1.165, 1.54) is 21.5 Å². The molecule has 0 aromatic heterocycles. The minimum Gasteiger partial charge on any atom is -0.366 e. The van der Waals surface area contributed by atoms with Crippen molar-refractivity contribution in [1.29, 1.82) is 0 Å². The first-order valence-electron chi connectivity index (χ1n) is 6.12. The van der Waals surface area contributed by atoms with Gasteiger partial charge in [0.2, 0.25) is 5.91 Å². The number of primary amides is 1. The van der Waals surface area contributed by atoms with Gasteiger partial charge in [-0.25, -0.2) is 0 Å². The van der Waals surface area contributed by atoms with Crippen molar-refractivity contribution in [3.8, 4) is 0 Å². The van der Waals surface area contributed by atoms with Gasteiger partial charge in [-0.2, -0.15) is 0 Å². The summed E-state index contributed by atoms with van der Waals surface area (Å²) in [7, 11) is 0. The van der Waals surface area contributed by atoms with Crippen LogP contribution in [0.3, 0.4) is 0 Å². The van der Waals surface area contributed by atoms with Gasteiger partial charge >= 0.3 is 0 Å². The monoisotopic (exact) mass is 244 g/mol. The lowest BCUT2D eigenvalue weighted by Gasteiger charge is -2.11. The summed E-state index contributed by atoms with van der Waals surface area (Å²) in [4.78, 5) is 11.4. The molecule has 0 bridgehead atoms. The molecule has 0 aliphatic carbocycles. The minimum atomic E-state index is -0.390. The van der Waals surface area contributed by atoms with Crippen molar-refractivity contribution in [2.45, 2.75) is 0 Å². The van der Waals surface area contributed by atoms with Gasteiger partial charge in [-0.1, -0.05) is 24.3 Å². The lowest BCUT2D eigenvalue weighted by molar-refractivity contribution is 0.100. The summed E-state index contributed by atoms with van der Waals surface area (Å²) in [5.74, 6) is -0.390. The highest BCUT2D eigenvalue weighted by molar-refractivity contribution is 6.23. The molecule has 0 spiro atoms. The molecular weight excluding hydrogens is 234 g/mol. The van der Waals surface area contributed by atoms with Crippen LogP contribution in [0.5, 0.6) is 0 Å².